The van der Waals surface area contributed by atoms with Crippen LogP contribution in [0.2, 0.25) is 0 Å². The minimum Gasteiger partial charge on any atom is -0.497 e. The molecule has 0 atom stereocenters. The maximum Gasteiger partial charge on any atom is 0.142 e. The summed E-state index contributed by atoms with van der Waals surface area (Å²) in [5.41, 5.74) is 2.22. The second-order valence-corrected chi connectivity index (χ2v) is 8.04. The Hall–Kier alpha value is -2.60. The first-order valence-electron chi connectivity index (χ1n) is 10.6. The maximum atomic E-state index is 5.21. The van der Waals surface area contributed by atoms with Gasteiger partial charge in [0, 0.05) is 25.8 Å². The van der Waals surface area contributed by atoms with Crippen LogP contribution >= 0.6 is 0 Å². The van der Waals surface area contributed by atoms with E-state index >= 15 is 0 Å². The molecule has 0 unspecified atom stereocenters. The molecule has 0 bridgehead atoms. The highest BCUT2D eigenvalue weighted by molar-refractivity contribution is 5.87. The summed E-state index contributed by atoms with van der Waals surface area (Å²) in [6, 6.07) is 10.9. The molecule has 2 N–H and O–H groups in total. The van der Waals surface area contributed by atoms with E-state index < -0.39 is 0 Å². The van der Waals surface area contributed by atoms with Crippen LogP contribution in [0.15, 0.2) is 42.9 Å². The SMILES string of the molecule is COc1ccc(CNCCC2CCC(N(C)c3ncnc4[nH]ccc34)CC2)cc1. The predicted octanol–water partition coefficient (Wildman–Crippen LogP) is 4.14. The predicted molar refractivity (Wildman–Crippen MR) is 117 cm³/mol. The van der Waals surface area contributed by atoms with Gasteiger partial charge in [0.2, 0.25) is 0 Å². The molecule has 3 aromatic rings. The monoisotopic (exact) mass is 393 g/mol. The van der Waals surface area contributed by atoms with Crippen molar-refractivity contribution in [2.24, 2.45) is 5.92 Å². The number of hydrogen-bond donors (Lipinski definition) is 2. The summed E-state index contributed by atoms with van der Waals surface area (Å²) in [6.07, 6.45) is 9.89. The van der Waals surface area contributed by atoms with E-state index in [-0.39, 0.29) is 0 Å². The summed E-state index contributed by atoms with van der Waals surface area (Å²) >= 11 is 0. The van der Waals surface area contributed by atoms with Crippen LogP contribution in [-0.4, -0.2) is 41.7 Å². The van der Waals surface area contributed by atoms with E-state index in [1.54, 1.807) is 13.4 Å². The molecular weight excluding hydrogens is 362 g/mol. The maximum absolute atomic E-state index is 5.21. The number of benzene rings is 1. The lowest BCUT2D eigenvalue weighted by Crippen LogP contribution is -2.36. The first kappa shape index (κ1) is 19.7. The third-order valence-corrected chi connectivity index (χ3v) is 6.25. The molecule has 6 nitrogen and oxygen atoms in total. The first-order valence-corrected chi connectivity index (χ1v) is 10.6. The summed E-state index contributed by atoms with van der Waals surface area (Å²) in [4.78, 5) is 14.4. The second-order valence-electron chi connectivity index (χ2n) is 8.04. The van der Waals surface area contributed by atoms with Gasteiger partial charge in [-0.25, -0.2) is 9.97 Å². The van der Waals surface area contributed by atoms with Gasteiger partial charge in [0.1, 0.15) is 23.5 Å². The molecule has 0 radical (unpaired) electrons. The Kier molecular flexibility index (Phi) is 6.30. The molecule has 29 heavy (non-hydrogen) atoms. The number of nitrogens with zero attached hydrogens (tertiary/aromatic N) is 3. The molecule has 1 fully saturated rings. The van der Waals surface area contributed by atoms with Gasteiger partial charge in [-0.2, -0.15) is 0 Å². The number of aromatic amines is 1. The highest BCUT2D eigenvalue weighted by Gasteiger charge is 2.25. The normalized spacial score (nSPS) is 19.4. The largest absolute Gasteiger partial charge is 0.497 e. The van der Waals surface area contributed by atoms with Crippen molar-refractivity contribution < 1.29 is 4.74 Å². The van der Waals surface area contributed by atoms with Crippen molar-refractivity contribution in [2.45, 2.75) is 44.7 Å². The van der Waals surface area contributed by atoms with Gasteiger partial charge < -0.3 is 19.9 Å². The van der Waals surface area contributed by atoms with E-state index in [2.05, 4.69) is 50.4 Å². The lowest BCUT2D eigenvalue weighted by Gasteiger charge is -2.35. The van der Waals surface area contributed by atoms with Gasteiger partial charge in [-0.3, -0.25) is 0 Å². The Morgan fingerprint density at radius 1 is 1.10 bits per heavy atom. The van der Waals surface area contributed by atoms with Crippen LogP contribution in [0.3, 0.4) is 0 Å². The number of hydrogen-bond acceptors (Lipinski definition) is 5. The van der Waals surface area contributed by atoms with E-state index in [0.717, 1.165) is 41.6 Å². The average molecular weight is 394 g/mol. The number of fused-ring (bicyclic) bond motifs is 1. The van der Waals surface area contributed by atoms with Crippen molar-refractivity contribution in [3.8, 4) is 5.75 Å². The molecule has 1 aliphatic carbocycles. The van der Waals surface area contributed by atoms with E-state index in [4.69, 9.17) is 4.74 Å². The lowest BCUT2D eigenvalue weighted by molar-refractivity contribution is 0.302. The van der Waals surface area contributed by atoms with Crippen LogP contribution in [0.4, 0.5) is 5.82 Å². The van der Waals surface area contributed by atoms with Crippen molar-refractivity contribution in [3.63, 3.8) is 0 Å². The van der Waals surface area contributed by atoms with Crippen molar-refractivity contribution in [2.75, 3.05) is 25.6 Å². The van der Waals surface area contributed by atoms with E-state index in [9.17, 15) is 0 Å². The first-order chi connectivity index (χ1) is 14.2. The highest BCUT2D eigenvalue weighted by Crippen LogP contribution is 2.32. The highest BCUT2D eigenvalue weighted by atomic mass is 16.5. The van der Waals surface area contributed by atoms with Crippen LogP contribution < -0.4 is 15.0 Å². The number of nitrogens with one attached hydrogen (secondary N) is 2. The van der Waals surface area contributed by atoms with Gasteiger partial charge >= 0.3 is 0 Å². The fraction of sp³-hybridized carbons (Fsp3) is 0.478. The molecule has 0 amide bonds. The molecule has 154 valence electrons. The summed E-state index contributed by atoms with van der Waals surface area (Å²) in [5, 5.41) is 4.70. The fourth-order valence-corrected chi connectivity index (χ4v) is 4.42. The molecule has 0 saturated heterocycles. The smallest absolute Gasteiger partial charge is 0.142 e. The van der Waals surface area contributed by atoms with Gasteiger partial charge in [0.05, 0.1) is 12.5 Å². The summed E-state index contributed by atoms with van der Waals surface area (Å²) < 4.78 is 5.21. The topological polar surface area (TPSA) is 66.1 Å². The lowest BCUT2D eigenvalue weighted by atomic mass is 9.83. The summed E-state index contributed by atoms with van der Waals surface area (Å²) in [7, 11) is 3.88. The Bertz CT molecular complexity index is 899. The number of rotatable bonds is 8. The average Bonchev–Trinajstić information content (AvgIpc) is 3.26. The number of methoxy groups -OCH3 is 1. The van der Waals surface area contributed by atoms with Gasteiger partial charge in [-0.15, -0.1) is 0 Å². The molecule has 2 heterocycles. The fourth-order valence-electron chi connectivity index (χ4n) is 4.42. The van der Waals surface area contributed by atoms with Crippen LogP contribution in [0, 0.1) is 5.92 Å². The van der Waals surface area contributed by atoms with E-state index in [1.807, 2.05) is 18.3 Å². The minimum atomic E-state index is 0.562. The zero-order chi connectivity index (χ0) is 20.1. The van der Waals surface area contributed by atoms with Crippen molar-refractivity contribution in [1.82, 2.24) is 20.3 Å². The molecule has 1 aliphatic rings. The van der Waals surface area contributed by atoms with Gasteiger partial charge in [0.15, 0.2) is 0 Å². The van der Waals surface area contributed by atoms with E-state index in [1.165, 1.54) is 37.7 Å². The molecule has 4 rings (SSSR count). The van der Waals surface area contributed by atoms with E-state index in [0.29, 0.717) is 6.04 Å². The molecule has 1 saturated carbocycles. The molecule has 0 aliphatic heterocycles. The van der Waals surface area contributed by atoms with Gasteiger partial charge in [0.25, 0.3) is 0 Å². The Labute approximate surface area is 172 Å². The van der Waals surface area contributed by atoms with Crippen molar-refractivity contribution in [1.29, 1.82) is 0 Å². The van der Waals surface area contributed by atoms with Crippen LogP contribution in [0.5, 0.6) is 5.75 Å². The summed E-state index contributed by atoms with van der Waals surface area (Å²) in [5.74, 6) is 2.77. The van der Waals surface area contributed by atoms with Gasteiger partial charge in [-0.05, 0) is 68.3 Å². The van der Waals surface area contributed by atoms with Crippen LogP contribution in [-0.2, 0) is 6.54 Å². The molecule has 0 spiro atoms. The zero-order valence-corrected chi connectivity index (χ0v) is 17.4. The number of ether oxygens (including phenoxy) is 1. The second kappa shape index (κ2) is 9.27. The van der Waals surface area contributed by atoms with Crippen molar-refractivity contribution >= 4 is 16.9 Å². The summed E-state index contributed by atoms with van der Waals surface area (Å²) in [6.45, 7) is 2.00. The Morgan fingerprint density at radius 3 is 2.66 bits per heavy atom. The Morgan fingerprint density at radius 2 is 1.90 bits per heavy atom. The molecule has 1 aromatic carbocycles. The van der Waals surface area contributed by atoms with Crippen molar-refractivity contribution in [3.05, 3.63) is 48.4 Å². The Balaban J connectivity index is 1.20. The quantitative estimate of drug-likeness (QED) is 0.563. The zero-order valence-electron chi connectivity index (χ0n) is 17.4. The molecular formula is C23H31N5O. The third-order valence-electron chi connectivity index (χ3n) is 6.25. The molecule has 6 heteroatoms. The molecule has 2 aromatic heterocycles. The van der Waals surface area contributed by atoms with Crippen LogP contribution in [0.25, 0.3) is 11.0 Å². The standard InChI is InChI=1S/C23H31N5O/c1-28(23-21-12-14-25-22(21)26-16-27-23)19-7-3-17(4-8-19)11-13-24-15-18-5-9-20(29-2)10-6-18/h5-6,9-10,12,14,16-17,19,24H,3-4,7-8,11,13,15H2,1-2H3,(H,25,26,27). The number of H-pyrrole nitrogens is 1. The van der Waals surface area contributed by atoms with Crippen LogP contribution in [0.1, 0.15) is 37.7 Å². The number of aromatic nitrogens is 3. The third kappa shape index (κ3) is 4.70. The number of anilines is 1. The minimum absolute atomic E-state index is 0.562. The van der Waals surface area contributed by atoms with Gasteiger partial charge in [-0.1, -0.05) is 12.1 Å².